The van der Waals surface area contributed by atoms with Crippen molar-refractivity contribution >= 4 is 35.1 Å². The predicted molar refractivity (Wildman–Crippen MR) is 102 cm³/mol. The number of rotatable bonds is 7. The van der Waals surface area contributed by atoms with Crippen molar-refractivity contribution in [1.29, 1.82) is 0 Å². The Labute approximate surface area is 153 Å². The number of nitrogens with one attached hydrogen (secondary N) is 3. The van der Waals surface area contributed by atoms with Gasteiger partial charge in [0.25, 0.3) is 0 Å². The van der Waals surface area contributed by atoms with Crippen LogP contribution in [0.15, 0.2) is 23.2 Å². The second kappa shape index (κ2) is 10.6. The van der Waals surface area contributed by atoms with Gasteiger partial charge in [-0.3, -0.25) is 9.59 Å². The molecule has 25 heavy (non-hydrogen) atoms. The maximum atomic E-state index is 12.0. The van der Waals surface area contributed by atoms with E-state index in [1.165, 1.54) is 4.90 Å². The first-order valence-electron chi connectivity index (χ1n) is 8.11. The lowest BCUT2D eigenvalue weighted by Gasteiger charge is -2.13. The Morgan fingerprint density at radius 3 is 2.56 bits per heavy atom. The summed E-state index contributed by atoms with van der Waals surface area (Å²) in [4.78, 5) is 29.3. The number of guanidine groups is 1. The molecule has 0 aliphatic rings. The number of carbonyl (C=O) groups is 2. The fourth-order valence-corrected chi connectivity index (χ4v) is 2.14. The minimum atomic E-state index is -0.154. The summed E-state index contributed by atoms with van der Waals surface area (Å²) in [5.41, 5.74) is 1.62. The largest absolute Gasteiger partial charge is 0.357 e. The molecule has 0 aromatic heterocycles. The predicted octanol–water partition coefficient (Wildman–Crippen LogP) is 1.62. The molecule has 8 heteroatoms. The number of anilines is 1. The van der Waals surface area contributed by atoms with E-state index < -0.39 is 0 Å². The Kier molecular flexibility index (Phi) is 8.77. The van der Waals surface area contributed by atoms with Gasteiger partial charge in [-0.1, -0.05) is 17.7 Å². The van der Waals surface area contributed by atoms with Crippen LogP contribution in [-0.4, -0.2) is 56.4 Å². The molecule has 0 aliphatic carbocycles. The minimum Gasteiger partial charge on any atom is -0.357 e. The van der Waals surface area contributed by atoms with Gasteiger partial charge in [-0.2, -0.15) is 0 Å². The van der Waals surface area contributed by atoms with Crippen molar-refractivity contribution < 1.29 is 9.59 Å². The third-order valence-corrected chi connectivity index (χ3v) is 3.57. The third-order valence-electron chi connectivity index (χ3n) is 3.26. The van der Waals surface area contributed by atoms with Crippen LogP contribution in [0.25, 0.3) is 0 Å². The molecular formula is C17H26ClN5O2. The molecule has 0 fully saturated rings. The number of hydrogen-bond acceptors (Lipinski definition) is 3. The van der Waals surface area contributed by atoms with E-state index in [0.29, 0.717) is 29.8 Å². The molecule has 0 heterocycles. The second-order valence-corrected chi connectivity index (χ2v) is 6.10. The number of aryl methyl sites for hydroxylation is 1. The van der Waals surface area contributed by atoms with E-state index in [2.05, 4.69) is 20.9 Å². The van der Waals surface area contributed by atoms with Gasteiger partial charge >= 0.3 is 0 Å². The number of likely N-dealkylation sites (N-methyl/N-ethyl adjacent to an activating group) is 1. The summed E-state index contributed by atoms with van der Waals surface area (Å²) in [7, 11) is 3.36. The molecule has 138 valence electrons. The quantitative estimate of drug-likeness (QED) is 0.505. The summed E-state index contributed by atoms with van der Waals surface area (Å²) < 4.78 is 0. The summed E-state index contributed by atoms with van der Waals surface area (Å²) in [6, 6.07) is 5.46. The Balaban J connectivity index is 2.47. The van der Waals surface area contributed by atoms with Gasteiger partial charge in [0.05, 0.1) is 10.7 Å². The number of carbonyl (C=O) groups excluding carboxylic acids is 2. The van der Waals surface area contributed by atoms with Gasteiger partial charge in [0.15, 0.2) is 5.96 Å². The molecule has 0 unspecified atom stereocenters. The number of aliphatic imine (C=N–C) groups is 1. The smallest absolute Gasteiger partial charge is 0.243 e. The minimum absolute atomic E-state index is 0.0491. The van der Waals surface area contributed by atoms with Crippen molar-refractivity contribution in [2.24, 2.45) is 4.99 Å². The molecule has 2 amide bonds. The van der Waals surface area contributed by atoms with Crippen molar-refractivity contribution in [3.63, 3.8) is 0 Å². The van der Waals surface area contributed by atoms with Gasteiger partial charge in [-0.05, 0) is 31.5 Å². The molecule has 0 radical (unpaired) electrons. The first-order chi connectivity index (χ1) is 11.8. The van der Waals surface area contributed by atoms with E-state index in [1.54, 1.807) is 26.2 Å². The lowest BCUT2D eigenvalue weighted by Crippen LogP contribution is -2.39. The van der Waals surface area contributed by atoms with Crippen LogP contribution >= 0.6 is 11.6 Å². The maximum absolute atomic E-state index is 12.0. The maximum Gasteiger partial charge on any atom is 0.243 e. The molecule has 0 saturated carbocycles. The molecule has 1 rings (SSSR count). The standard InChI is InChI=1S/C17H26ClN5O2/c1-5-19-17(21-11-16(25)23(3)4)20-9-8-15(24)22-14-7-6-12(2)10-13(14)18/h6-7,10H,5,8-9,11H2,1-4H3,(H,22,24)(H2,19,20,21). The molecule has 1 aromatic carbocycles. The first kappa shape index (κ1) is 20.8. The summed E-state index contributed by atoms with van der Waals surface area (Å²) >= 11 is 6.10. The molecule has 0 bridgehead atoms. The average Bonchev–Trinajstić information content (AvgIpc) is 2.54. The van der Waals surface area contributed by atoms with E-state index in [9.17, 15) is 9.59 Å². The zero-order valence-corrected chi connectivity index (χ0v) is 15.9. The van der Waals surface area contributed by atoms with Crippen LogP contribution in [0.4, 0.5) is 5.69 Å². The SMILES string of the molecule is CCNC(=NCC(=O)N(C)C)NCCC(=O)Nc1ccc(C)cc1Cl. The molecule has 0 spiro atoms. The van der Waals surface area contributed by atoms with E-state index in [4.69, 9.17) is 11.6 Å². The lowest BCUT2D eigenvalue weighted by atomic mass is 10.2. The van der Waals surface area contributed by atoms with Crippen LogP contribution in [-0.2, 0) is 9.59 Å². The Bertz CT molecular complexity index is 631. The van der Waals surface area contributed by atoms with Crippen molar-refractivity contribution in [2.45, 2.75) is 20.3 Å². The summed E-state index contributed by atoms with van der Waals surface area (Å²) in [5, 5.41) is 9.35. The van der Waals surface area contributed by atoms with Crippen LogP contribution in [0, 0.1) is 6.92 Å². The Morgan fingerprint density at radius 1 is 1.24 bits per heavy atom. The van der Waals surface area contributed by atoms with Gasteiger partial charge in [0.2, 0.25) is 11.8 Å². The van der Waals surface area contributed by atoms with E-state index >= 15 is 0 Å². The van der Waals surface area contributed by atoms with E-state index in [1.807, 2.05) is 19.9 Å². The highest BCUT2D eigenvalue weighted by molar-refractivity contribution is 6.33. The van der Waals surface area contributed by atoms with Crippen LogP contribution in [0.1, 0.15) is 18.9 Å². The third kappa shape index (κ3) is 7.89. The molecule has 0 saturated heterocycles. The second-order valence-electron chi connectivity index (χ2n) is 5.69. The summed E-state index contributed by atoms with van der Waals surface area (Å²) in [6.45, 7) is 4.96. The zero-order valence-electron chi connectivity index (χ0n) is 15.1. The molecule has 7 nitrogen and oxygen atoms in total. The van der Waals surface area contributed by atoms with Gasteiger partial charge < -0.3 is 20.9 Å². The Hall–Kier alpha value is -2.28. The van der Waals surface area contributed by atoms with E-state index in [-0.39, 0.29) is 24.8 Å². The van der Waals surface area contributed by atoms with Crippen LogP contribution in [0.5, 0.6) is 0 Å². The zero-order chi connectivity index (χ0) is 18.8. The highest BCUT2D eigenvalue weighted by Crippen LogP contribution is 2.22. The molecule has 1 aromatic rings. The molecular weight excluding hydrogens is 342 g/mol. The van der Waals surface area contributed by atoms with Crippen molar-refractivity contribution in [3.05, 3.63) is 28.8 Å². The molecule has 0 atom stereocenters. The normalized spacial score (nSPS) is 11.0. The monoisotopic (exact) mass is 367 g/mol. The van der Waals surface area contributed by atoms with E-state index in [0.717, 1.165) is 5.56 Å². The fourth-order valence-electron chi connectivity index (χ4n) is 1.86. The highest BCUT2D eigenvalue weighted by atomic mass is 35.5. The molecule has 0 aliphatic heterocycles. The van der Waals surface area contributed by atoms with Crippen LogP contribution < -0.4 is 16.0 Å². The molecule has 3 N–H and O–H groups in total. The fraction of sp³-hybridized carbons (Fsp3) is 0.471. The van der Waals surface area contributed by atoms with Crippen LogP contribution in [0.2, 0.25) is 5.02 Å². The first-order valence-corrected chi connectivity index (χ1v) is 8.49. The van der Waals surface area contributed by atoms with Crippen molar-refractivity contribution in [2.75, 3.05) is 39.0 Å². The number of benzene rings is 1. The highest BCUT2D eigenvalue weighted by Gasteiger charge is 2.07. The van der Waals surface area contributed by atoms with Crippen LogP contribution in [0.3, 0.4) is 0 Å². The average molecular weight is 368 g/mol. The Morgan fingerprint density at radius 2 is 1.96 bits per heavy atom. The van der Waals surface area contributed by atoms with Gasteiger partial charge in [-0.25, -0.2) is 4.99 Å². The van der Waals surface area contributed by atoms with Crippen molar-refractivity contribution in [1.82, 2.24) is 15.5 Å². The van der Waals surface area contributed by atoms with Gasteiger partial charge in [-0.15, -0.1) is 0 Å². The number of amides is 2. The topological polar surface area (TPSA) is 85.8 Å². The van der Waals surface area contributed by atoms with Gasteiger partial charge in [0.1, 0.15) is 6.54 Å². The summed E-state index contributed by atoms with van der Waals surface area (Å²) in [5.74, 6) is 0.251. The summed E-state index contributed by atoms with van der Waals surface area (Å²) in [6.07, 6.45) is 0.246. The van der Waals surface area contributed by atoms with Crippen molar-refractivity contribution in [3.8, 4) is 0 Å². The number of nitrogens with zero attached hydrogens (tertiary/aromatic N) is 2. The van der Waals surface area contributed by atoms with Gasteiger partial charge in [0, 0.05) is 33.6 Å². The lowest BCUT2D eigenvalue weighted by molar-refractivity contribution is -0.127. The number of hydrogen-bond donors (Lipinski definition) is 3. The number of halogens is 1.